The van der Waals surface area contributed by atoms with E-state index in [1.54, 1.807) is 12.5 Å². The van der Waals surface area contributed by atoms with Crippen molar-refractivity contribution in [3.05, 3.63) is 24.2 Å². The molecule has 1 heterocycles. The van der Waals surface area contributed by atoms with E-state index >= 15 is 0 Å². The summed E-state index contributed by atoms with van der Waals surface area (Å²) in [7, 11) is 0. The molecule has 0 amide bonds. The smallest absolute Gasteiger partial charge is 0.0934 e. The van der Waals surface area contributed by atoms with E-state index in [1.165, 1.54) is 5.56 Å². The maximum absolute atomic E-state index is 8.89. The Morgan fingerprint density at radius 2 is 2.45 bits per heavy atom. The van der Waals surface area contributed by atoms with Crippen LogP contribution in [-0.4, -0.2) is 11.7 Å². The van der Waals surface area contributed by atoms with Gasteiger partial charge in [-0.05, 0) is 24.0 Å². The van der Waals surface area contributed by atoms with Crippen LogP contribution in [0.4, 0.5) is 0 Å². The number of furan rings is 1. The van der Waals surface area contributed by atoms with E-state index < -0.39 is 0 Å². The molecule has 2 nitrogen and oxygen atoms in total. The fraction of sp³-hybridized carbons (Fsp3) is 0.556. The van der Waals surface area contributed by atoms with Crippen LogP contribution >= 0.6 is 0 Å². The SMILES string of the molecule is CC[C@@H](CO)Cc1ccoc1. The van der Waals surface area contributed by atoms with Gasteiger partial charge in [0.2, 0.25) is 0 Å². The number of hydrogen-bond acceptors (Lipinski definition) is 2. The first-order valence-electron chi connectivity index (χ1n) is 3.98. The fourth-order valence-electron chi connectivity index (χ4n) is 1.08. The lowest BCUT2D eigenvalue weighted by Gasteiger charge is -2.08. The Labute approximate surface area is 66.8 Å². The van der Waals surface area contributed by atoms with Crippen LogP contribution in [0.1, 0.15) is 18.9 Å². The second kappa shape index (κ2) is 4.19. The Kier molecular flexibility index (Phi) is 3.17. The quantitative estimate of drug-likeness (QED) is 0.717. The molecule has 0 radical (unpaired) electrons. The van der Waals surface area contributed by atoms with Crippen LogP contribution < -0.4 is 0 Å². The summed E-state index contributed by atoms with van der Waals surface area (Å²) in [6.07, 6.45) is 5.34. The van der Waals surface area contributed by atoms with E-state index in [-0.39, 0.29) is 6.61 Å². The van der Waals surface area contributed by atoms with Crippen molar-refractivity contribution in [1.82, 2.24) is 0 Å². The van der Waals surface area contributed by atoms with E-state index in [0.29, 0.717) is 5.92 Å². The Morgan fingerprint density at radius 1 is 1.64 bits per heavy atom. The summed E-state index contributed by atoms with van der Waals surface area (Å²) in [5.74, 6) is 0.382. The predicted molar refractivity (Wildman–Crippen MR) is 43.3 cm³/mol. The zero-order valence-corrected chi connectivity index (χ0v) is 6.79. The van der Waals surface area contributed by atoms with E-state index in [2.05, 4.69) is 6.92 Å². The molecule has 11 heavy (non-hydrogen) atoms. The zero-order chi connectivity index (χ0) is 8.10. The average Bonchev–Trinajstić information content (AvgIpc) is 2.52. The molecule has 0 aliphatic rings. The lowest BCUT2D eigenvalue weighted by Crippen LogP contribution is -2.07. The molecule has 1 rings (SSSR count). The predicted octanol–water partition coefficient (Wildman–Crippen LogP) is 1.84. The van der Waals surface area contributed by atoms with Gasteiger partial charge in [-0.15, -0.1) is 0 Å². The summed E-state index contributed by atoms with van der Waals surface area (Å²) in [6, 6.07) is 1.94. The molecule has 0 aliphatic heterocycles. The largest absolute Gasteiger partial charge is 0.472 e. The van der Waals surface area contributed by atoms with Crippen molar-refractivity contribution in [3.8, 4) is 0 Å². The summed E-state index contributed by atoms with van der Waals surface area (Å²) < 4.78 is 4.92. The van der Waals surface area contributed by atoms with E-state index in [4.69, 9.17) is 9.52 Å². The summed E-state index contributed by atoms with van der Waals surface area (Å²) in [4.78, 5) is 0. The van der Waals surface area contributed by atoms with Crippen molar-refractivity contribution < 1.29 is 9.52 Å². The third-order valence-electron chi connectivity index (χ3n) is 1.94. The van der Waals surface area contributed by atoms with Gasteiger partial charge >= 0.3 is 0 Å². The highest BCUT2D eigenvalue weighted by Gasteiger charge is 2.05. The molecular weight excluding hydrogens is 140 g/mol. The summed E-state index contributed by atoms with van der Waals surface area (Å²) in [5.41, 5.74) is 1.17. The second-order valence-electron chi connectivity index (χ2n) is 2.79. The average molecular weight is 154 g/mol. The number of hydrogen-bond donors (Lipinski definition) is 1. The van der Waals surface area contributed by atoms with E-state index in [0.717, 1.165) is 12.8 Å². The third kappa shape index (κ3) is 2.39. The van der Waals surface area contributed by atoms with Crippen LogP contribution in [0.2, 0.25) is 0 Å². The highest BCUT2D eigenvalue weighted by Crippen LogP contribution is 2.11. The molecule has 1 aromatic heterocycles. The minimum Gasteiger partial charge on any atom is -0.472 e. The molecular formula is C9H14O2. The lowest BCUT2D eigenvalue weighted by molar-refractivity contribution is 0.222. The molecule has 0 saturated carbocycles. The van der Waals surface area contributed by atoms with Crippen LogP contribution in [0.15, 0.2) is 23.0 Å². The minimum atomic E-state index is 0.266. The molecule has 62 valence electrons. The van der Waals surface area contributed by atoms with Crippen LogP contribution in [0.3, 0.4) is 0 Å². The Hall–Kier alpha value is -0.760. The van der Waals surface area contributed by atoms with Crippen molar-refractivity contribution in [3.63, 3.8) is 0 Å². The fourth-order valence-corrected chi connectivity index (χ4v) is 1.08. The lowest BCUT2D eigenvalue weighted by atomic mass is 10.00. The van der Waals surface area contributed by atoms with Gasteiger partial charge in [0.1, 0.15) is 0 Å². The molecule has 1 atom stereocenters. The Balaban J connectivity index is 2.41. The maximum atomic E-state index is 8.89. The molecule has 0 saturated heterocycles. The van der Waals surface area contributed by atoms with Gasteiger partial charge in [-0.2, -0.15) is 0 Å². The summed E-state index contributed by atoms with van der Waals surface area (Å²) in [6.45, 7) is 2.35. The van der Waals surface area contributed by atoms with Gasteiger partial charge in [0.15, 0.2) is 0 Å². The minimum absolute atomic E-state index is 0.266. The first-order chi connectivity index (χ1) is 5.36. The van der Waals surface area contributed by atoms with Gasteiger partial charge in [0.05, 0.1) is 12.5 Å². The number of rotatable bonds is 4. The first-order valence-corrected chi connectivity index (χ1v) is 3.98. The molecule has 0 fully saturated rings. The van der Waals surface area contributed by atoms with Crippen LogP contribution in [0.25, 0.3) is 0 Å². The van der Waals surface area contributed by atoms with Crippen LogP contribution in [0, 0.1) is 5.92 Å². The topological polar surface area (TPSA) is 33.4 Å². The normalized spacial score (nSPS) is 13.3. The Bertz CT molecular complexity index is 175. The standard InChI is InChI=1S/C9H14O2/c1-2-8(6-10)5-9-3-4-11-7-9/h3-4,7-8,10H,2,5-6H2,1H3/t8-/m1/s1. The molecule has 0 aromatic carbocycles. The summed E-state index contributed by atoms with van der Waals surface area (Å²) in [5, 5.41) is 8.89. The third-order valence-corrected chi connectivity index (χ3v) is 1.94. The van der Waals surface area contributed by atoms with Gasteiger partial charge in [-0.3, -0.25) is 0 Å². The molecule has 0 spiro atoms. The van der Waals surface area contributed by atoms with Gasteiger partial charge in [-0.1, -0.05) is 13.3 Å². The van der Waals surface area contributed by atoms with Crippen molar-refractivity contribution >= 4 is 0 Å². The molecule has 0 bridgehead atoms. The number of aliphatic hydroxyl groups excluding tert-OH is 1. The van der Waals surface area contributed by atoms with Gasteiger partial charge in [-0.25, -0.2) is 0 Å². The van der Waals surface area contributed by atoms with Gasteiger partial charge < -0.3 is 9.52 Å². The highest BCUT2D eigenvalue weighted by atomic mass is 16.3. The molecule has 1 aromatic rings. The summed E-state index contributed by atoms with van der Waals surface area (Å²) >= 11 is 0. The zero-order valence-electron chi connectivity index (χ0n) is 6.79. The highest BCUT2D eigenvalue weighted by molar-refractivity contribution is 5.05. The second-order valence-corrected chi connectivity index (χ2v) is 2.79. The van der Waals surface area contributed by atoms with E-state index in [1.807, 2.05) is 6.07 Å². The van der Waals surface area contributed by atoms with Gasteiger partial charge in [0, 0.05) is 6.61 Å². The maximum Gasteiger partial charge on any atom is 0.0934 e. The number of aliphatic hydroxyl groups is 1. The first kappa shape index (κ1) is 8.34. The Morgan fingerprint density at radius 3 is 2.91 bits per heavy atom. The van der Waals surface area contributed by atoms with Crippen molar-refractivity contribution in [2.75, 3.05) is 6.61 Å². The van der Waals surface area contributed by atoms with Crippen molar-refractivity contribution in [2.24, 2.45) is 5.92 Å². The molecule has 0 unspecified atom stereocenters. The molecule has 0 aliphatic carbocycles. The van der Waals surface area contributed by atoms with Crippen molar-refractivity contribution in [2.45, 2.75) is 19.8 Å². The molecule has 2 heteroatoms. The van der Waals surface area contributed by atoms with Gasteiger partial charge in [0.25, 0.3) is 0 Å². The van der Waals surface area contributed by atoms with Crippen LogP contribution in [0.5, 0.6) is 0 Å². The monoisotopic (exact) mass is 154 g/mol. The van der Waals surface area contributed by atoms with Crippen molar-refractivity contribution in [1.29, 1.82) is 0 Å². The van der Waals surface area contributed by atoms with E-state index in [9.17, 15) is 0 Å². The van der Waals surface area contributed by atoms with Crippen LogP contribution in [-0.2, 0) is 6.42 Å². The molecule has 1 N–H and O–H groups in total.